The van der Waals surface area contributed by atoms with Gasteiger partial charge in [-0.1, -0.05) is 6.58 Å². The van der Waals surface area contributed by atoms with E-state index in [4.69, 9.17) is 19.3 Å². The molecule has 0 atom stereocenters. The molecule has 0 aliphatic rings. The van der Waals surface area contributed by atoms with Crippen LogP contribution in [0, 0.1) is 0 Å². The van der Waals surface area contributed by atoms with Gasteiger partial charge in [0.2, 0.25) is 0 Å². The minimum Gasteiger partial charge on any atom is -0.494 e. The summed E-state index contributed by atoms with van der Waals surface area (Å²) in [7, 11) is 0. The first-order valence-corrected chi connectivity index (χ1v) is 6.98. The zero-order chi connectivity index (χ0) is 16.5. The second-order valence-corrected chi connectivity index (χ2v) is 4.39. The second-order valence-electron chi connectivity index (χ2n) is 4.39. The number of carboxylic acids is 1. The standard InChI is InChI=1S/C16H20O6/c1-4-20-12-8-13(21-5-2)10-14(9-12)22-15(17)7-6-11(3)16(18)19/h8-10H,3-7H2,1-2H3,(H,18,19). The summed E-state index contributed by atoms with van der Waals surface area (Å²) in [5.74, 6) is -0.305. The normalized spacial score (nSPS) is 9.91. The third kappa shape index (κ3) is 5.87. The highest BCUT2D eigenvalue weighted by Crippen LogP contribution is 2.28. The van der Waals surface area contributed by atoms with Crippen LogP contribution in [0.25, 0.3) is 0 Å². The van der Waals surface area contributed by atoms with Gasteiger partial charge in [0, 0.05) is 23.8 Å². The molecule has 0 spiro atoms. The number of rotatable bonds is 9. The molecule has 0 heterocycles. The number of ether oxygens (including phenoxy) is 3. The van der Waals surface area contributed by atoms with Gasteiger partial charge in [0.1, 0.15) is 17.2 Å². The van der Waals surface area contributed by atoms with Crippen molar-refractivity contribution in [1.82, 2.24) is 0 Å². The molecule has 120 valence electrons. The van der Waals surface area contributed by atoms with Crippen LogP contribution in [0.15, 0.2) is 30.4 Å². The van der Waals surface area contributed by atoms with E-state index in [1.807, 2.05) is 13.8 Å². The smallest absolute Gasteiger partial charge is 0.330 e. The van der Waals surface area contributed by atoms with E-state index in [1.165, 1.54) is 0 Å². The van der Waals surface area contributed by atoms with Crippen molar-refractivity contribution in [3.05, 3.63) is 30.4 Å². The first-order valence-electron chi connectivity index (χ1n) is 6.98. The summed E-state index contributed by atoms with van der Waals surface area (Å²) in [6.45, 7) is 8.00. The van der Waals surface area contributed by atoms with Crippen LogP contribution >= 0.6 is 0 Å². The third-order valence-electron chi connectivity index (χ3n) is 2.64. The largest absolute Gasteiger partial charge is 0.494 e. The van der Waals surface area contributed by atoms with Crippen molar-refractivity contribution < 1.29 is 28.9 Å². The molecule has 0 aromatic heterocycles. The number of hydrogen-bond donors (Lipinski definition) is 1. The maximum absolute atomic E-state index is 11.7. The molecule has 1 aromatic carbocycles. The van der Waals surface area contributed by atoms with Crippen LogP contribution in [0.1, 0.15) is 26.7 Å². The van der Waals surface area contributed by atoms with Gasteiger partial charge >= 0.3 is 11.9 Å². The fourth-order valence-electron chi connectivity index (χ4n) is 1.65. The predicted molar refractivity (Wildman–Crippen MR) is 80.4 cm³/mol. The van der Waals surface area contributed by atoms with E-state index >= 15 is 0 Å². The number of esters is 1. The van der Waals surface area contributed by atoms with Gasteiger partial charge in [0.25, 0.3) is 0 Å². The molecule has 1 aromatic rings. The van der Waals surface area contributed by atoms with Crippen molar-refractivity contribution in [3.63, 3.8) is 0 Å². The molecule has 6 heteroatoms. The average Bonchev–Trinajstić information content (AvgIpc) is 2.45. The van der Waals surface area contributed by atoms with Gasteiger partial charge in [-0.3, -0.25) is 4.79 Å². The topological polar surface area (TPSA) is 82.1 Å². The minimum atomic E-state index is -1.12. The van der Waals surface area contributed by atoms with Gasteiger partial charge in [-0.25, -0.2) is 4.79 Å². The minimum absolute atomic E-state index is 0.0324. The second kappa shape index (κ2) is 8.71. The number of carbonyl (C=O) groups excluding carboxylic acids is 1. The molecule has 1 N–H and O–H groups in total. The summed E-state index contributed by atoms with van der Waals surface area (Å²) < 4.78 is 15.9. The Labute approximate surface area is 129 Å². The molecule has 0 amide bonds. The Kier molecular flexibility index (Phi) is 6.95. The Morgan fingerprint density at radius 1 is 1.00 bits per heavy atom. The van der Waals surface area contributed by atoms with Gasteiger partial charge in [-0.2, -0.15) is 0 Å². The van der Waals surface area contributed by atoms with E-state index < -0.39 is 11.9 Å². The van der Waals surface area contributed by atoms with Crippen LogP contribution in [0.4, 0.5) is 0 Å². The van der Waals surface area contributed by atoms with E-state index in [0.29, 0.717) is 30.5 Å². The van der Waals surface area contributed by atoms with Crippen molar-refractivity contribution in [2.45, 2.75) is 26.7 Å². The molecule has 1 rings (SSSR count). The Morgan fingerprint density at radius 2 is 1.50 bits per heavy atom. The lowest BCUT2D eigenvalue weighted by Gasteiger charge is -2.11. The summed E-state index contributed by atoms with van der Waals surface area (Å²) >= 11 is 0. The Hall–Kier alpha value is -2.50. The molecule has 0 unspecified atom stereocenters. The highest BCUT2D eigenvalue weighted by atomic mass is 16.5. The number of hydrogen-bond acceptors (Lipinski definition) is 5. The van der Waals surface area contributed by atoms with Crippen molar-refractivity contribution in [1.29, 1.82) is 0 Å². The summed E-state index contributed by atoms with van der Waals surface area (Å²) in [6.07, 6.45) is -0.0222. The van der Waals surface area contributed by atoms with Crippen LogP contribution < -0.4 is 14.2 Å². The molecule has 6 nitrogen and oxygen atoms in total. The molecule has 0 bridgehead atoms. The highest BCUT2D eigenvalue weighted by molar-refractivity contribution is 5.86. The SMILES string of the molecule is C=C(CCC(=O)Oc1cc(OCC)cc(OCC)c1)C(=O)O. The fourth-order valence-corrected chi connectivity index (χ4v) is 1.65. The summed E-state index contributed by atoms with van der Waals surface area (Å²) in [4.78, 5) is 22.4. The number of carbonyl (C=O) groups is 2. The number of aliphatic carboxylic acids is 1. The van der Waals surface area contributed by atoms with Crippen molar-refractivity contribution in [2.75, 3.05) is 13.2 Å². The fraction of sp³-hybridized carbons (Fsp3) is 0.375. The first kappa shape index (κ1) is 17.6. The van der Waals surface area contributed by atoms with Crippen LogP contribution in [0.3, 0.4) is 0 Å². The molecule has 0 saturated carbocycles. The van der Waals surface area contributed by atoms with Gasteiger partial charge in [0.05, 0.1) is 19.6 Å². The lowest BCUT2D eigenvalue weighted by atomic mass is 10.2. The molecular formula is C16H20O6. The average molecular weight is 308 g/mol. The molecule has 0 fully saturated rings. The third-order valence-corrected chi connectivity index (χ3v) is 2.64. The Bertz CT molecular complexity index is 525. The highest BCUT2D eigenvalue weighted by Gasteiger charge is 2.11. The zero-order valence-corrected chi connectivity index (χ0v) is 12.8. The van der Waals surface area contributed by atoms with Gasteiger partial charge < -0.3 is 19.3 Å². The summed E-state index contributed by atoms with van der Waals surface area (Å²) in [5.41, 5.74) is -0.0324. The summed E-state index contributed by atoms with van der Waals surface area (Å²) in [6, 6.07) is 4.86. The maximum Gasteiger partial charge on any atom is 0.330 e. The van der Waals surface area contributed by atoms with E-state index in [-0.39, 0.29) is 18.4 Å². The predicted octanol–water partition coefficient (Wildman–Crippen LogP) is 2.81. The Balaban J connectivity index is 2.72. The lowest BCUT2D eigenvalue weighted by Crippen LogP contribution is -2.10. The monoisotopic (exact) mass is 308 g/mol. The Morgan fingerprint density at radius 3 is 1.95 bits per heavy atom. The summed E-state index contributed by atoms with van der Waals surface area (Å²) in [5, 5.41) is 8.69. The molecule has 0 aliphatic heterocycles. The van der Waals surface area contributed by atoms with Crippen molar-refractivity contribution in [3.8, 4) is 17.2 Å². The van der Waals surface area contributed by atoms with Crippen molar-refractivity contribution in [2.24, 2.45) is 0 Å². The van der Waals surface area contributed by atoms with Gasteiger partial charge in [0.15, 0.2) is 0 Å². The number of benzene rings is 1. The lowest BCUT2D eigenvalue weighted by molar-refractivity contribution is -0.134. The van der Waals surface area contributed by atoms with Gasteiger partial charge in [-0.05, 0) is 20.3 Å². The van der Waals surface area contributed by atoms with E-state index in [1.54, 1.807) is 18.2 Å². The number of carboxylic acid groups (broad SMARTS) is 1. The van der Waals surface area contributed by atoms with Crippen LogP contribution in [0.5, 0.6) is 17.2 Å². The van der Waals surface area contributed by atoms with Crippen LogP contribution in [0.2, 0.25) is 0 Å². The molecule has 0 radical (unpaired) electrons. The van der Waals surface area contributed by atoms with E-state index in [9.17, 15) is 9.59 Å². The van der Waals surface area contributed by atoms with Crippen LogP contribution in [-0.2, 0) is 9.59 Å². The molecule has 0 aliphatic carbocycles. The van der Waals surface area contributed by atoms with E-state index in [0.717, 1.165) is 0 Å². The molecular weight excluding hydrogens is 288 g/mol. The van der Waals surface area contributed by atoms with E-state index in [2.05, 4.69) is 6.58 Å². The molecule has 22 heavy (non-hydrogen) atoms. The first-order chi connectivity index (χ1) is 10.5. The van der Waals surface area contributed by atoms with Crippen molar-refractivity contribution >= 4 is 11.9 Å². The van der Waals surface area contributed by atoms with Gasteiger partial charge in [-0.15, -0.1) is 0 Å². The maximum atomic E-state index is 11.7. The molecule has 0 saturated heterocycles. The zero-order valence-electron chi connectivity index (χ0n) is 12.8. The van der Waals surface area contributed by atoms with Crippen LogP contribution in [-0.4, -0.2) is 30.3 Å². The quantitative estimate of drug-likeness (QED) is 0.429.